The summed E-state index contributed by atoms with van der Waals surface area (Å²) in [4.78, 5) is 28.1. The molecule has 0 radical (unpaired) electrons. The van der Waals surface area contributed by atoms with Crippen molar-refractivity contribution in [3.8, 4) is 5.75 Å². The molecule has 0 aliphatic carbocycles. The van der Waals surface area contributed by atoms with Crippen LogP contribution >= 0.6 is 0 Å². The molecule has 4 rings (SSSR count). The van der Waals surface area contributed by atoms with Crippen LogP contribution in [0.5, 0.6) is 5.75 Å². The van der Waals surface area contributed by atoms with Gasteiger partial charge in [0.1, 0.15) is 12.3 Å². The van der Waals surface area contributed by atoms with Crippen molar-refractivity contribution in [1.29, 1.82) is 0 Å². The third-order valence-corrected chi connectivity index (χ3v) is 6.39. The van der Waals surface area contributed by atoms with E-state index < -0.39 is 29.6 Å². The molecule has 7 nitrogen and oxygen atoms in total. The summed E-state index contributed by atoms with van der Waals surface area (Å²) < 4.78 is 49.4. The number of carbonyl (C=O) groups excluding carboxylic acids is 2. The second-order valence-electron chi connectivity index (χ2n) is 8.94. The summed E-state index contributed by atoms with van der Waals surface area (Å²) in [5.41, 5.74) is 1.55. The highest BCUT2D eigenvalue weighted by molar-refractivity contribution is 6.04. The molecule has 0 saturated carbocycles. The molecule has 3 aromatic rings. The molecule has 0 spiro atoms. The van der Waals surface area contributed by atoms with E-state index in [0.29, 0.717) is 17.9 Å². The first-order valence-corrected chi connectivity index (χ1v) is 12.3. The summed E-state index contributed by atoms with van der Waals surface area (Å²) in [6, 6.07) is 20.3. The highest BCUT2D eigenvalue weighted by atomic mass is 19.4. The fourth-order valence-electron chi connectivity index (χ4n) is 4.33. The Morgan fingerprint density at radius 3 is 2.36 bits per heavy atom. The average molecular weight is 540 g/mol. The van der Waals surface area contributed by atoms with E-state index in [2.05, 4.69) is 5.10 Å². The number of hydrogen-bond acceptors (Lipinski definition) is 5. The maximum Gasteiger partial charge on any atom is 0.416 e. The number of halogens is 3. The van der Waals surface area contributed by atoms with Crippen LogP contribution in [0.4, 0.5) is 13.2 Å². The van der Waals surface area contributed by atoms with Gasteiger partial charge in [-0.05, 0) is 42.0 Å². The highest BCUT2D eigenvalue weighted by Gasteiger charge is 2.35. The summed E-state index contributed by atoms with van der Waals surface area (Å²) in [5, 5.41) is 6.03. The van der Waals surface area contributed by atoms with Crippen molar-refractivity contribution in [2.24, 2.45) is 5.10 Å². The Kier molecular flexibility index (Phi) is 8.65. The van der Waals surface area contributed by atoms with Crippen molar-refractivity contribution in [3.63, 3.8) is 0 Å². The number of benzene rings is 3. The topological polar surface area (TPSA) is 71.4 Å². The lowest BCUT2D eigenvalue weighted by molar-refractivity contribution is -0.137. The molecule has 1 aliphatic heterocycles. The smallest absolute Gasteiger partial charge is 0.416 e. The van der Waals surface area contributed by atoms with Gasteiger partial charge < -0.3 is 14.4 Å². The third kappa shape index (κ3) is 6.64. The first-order valence-electron chi connectivity index (χ1n) is 12.3. The summed E-state index contributed by atoms with van der Waals surface area (Å²) >= 11 is 0. The number of alkyl halides is 3. The number of ether oxygens (including phenoxy) is 2. The van der Waals surface area contributed by atoms with Crippen molar-refractivity contribution in [2.45, 2.75) is 18.6 Å². The molecule has 0 aromatic heterocycles. The van der Waals surface area contributed by atoms with Crippen molar-refractivity contribution in [3.05, 3.63) is 101 Å². The summed E-state index contributed by atoms with van der Waals surface area (Å²) in [6.07, 6.45) is -4.07. The van der Waals surface area contributed by atoms with Crippen LogP contribution in [0.25, 0.3) is 0 Å². The number of methoxy groups -OCH3 is 2. The van der Waals surface area contributed by atoms with Gasteiger partial charge in [0, 0.05) is 31.2 Å². The fourth-order valence-corrected chi connectivity index (χ4v) is 4.33. The van der Waals surface area contributed by atoms with Gasteiger partial charge in [0.2, 0.25) is 0 Å². The minimum Gasteiger partial charge on any atom is -0.497 e. The second kappa shape index (κ2) is 12.1. The number of carbonyl (C=O) groups is 2. The Hall–Kier alpha value is -4.18. The summed E-state index contributed by atoms with van der Waals surface area (Å²) in [7, 11) is 3.03. The molecule has 0 bridgehead atoms. The molecule has 1 unspecified atom stereocenters. The van der Waals surface area contributed by atoms with Gasteiger partial charge in [-0.2, -0.15) is 18.3 Å². The van der Waals surface area contributed by atoms with E-state index in [1.165, 1.54) is 17.0 Å². The molecule has 1 aliphatic rings. The molecule has 39 heavy (non-hydrogen) atoms. The van der Waals surface area contributed by atoms with Gasteiger partial charge in [0.25, 0.3) is 11.8 Å². The monoisotopic (exact) mass is 539 g/mol. The lowest BCUT2D eigenvalue weighted by Crippen LogP contribution is -2.42. The zero-order valence-corrected chi connectivity index (χ0v) is 21.5. The molecule has 0 N–H and O–H groups in total. The molecule has 1 heterocycles. The van der Waals surface area contributed by atoms with Crippen LogP contribution in [0.15, 0.2) is 84.0 Å². The van der Waals surface area contributed by atoms with E-state index >= 15 is 0 Å². The van der Waals surface area contributed by atoms with E-state index in [1.54, 1.807) is 7.11 Å². The Morgan fingerprint density at radius 2 is 1.72 bits per heavy atom. The van der Waals surface area contributed by atoms with Crippen LogP contribution in [0, 0.1) is 0 Å². The normalized spacial score (nSPS) is 15.2. The van der Waals surface area contributed by atoms with Crippen molar-refractivity contribution in [2.75, 3.05) is 33.9 Å². The van der Waals surface area contributed by atoms with Crippen molar-refractivity contribution >= 4 is 17.5 Å². The average Bonchev–Trinajstić information content (AvgIpc) is 3.41. The molecular formula is C29H28F3N3O4. The summed E-state index contributed by atoms with van der Waals surface area (Å²) in [6.45, 7) is -0.125. The fraction of sp³-hybridized carbons (Fsp3) is 0.276. The predicted octanol–water partition coefficient (Wildman–Crippen LogP) is 5.18. The molecule has 0 fully saturated rings. The number of amides is 2. The quantitative estimate of drug-likeness (QED) is 0.376. The van der Waals surface area contributed by atoms with Gasteiger partial charge >= 0.3 is 6.18 Å². The highest BCUT2D eigenvalue weighted by Crippen LogP contribution is 2.34. The number of nitrogens with zero attached hydrogens (tertiary/aromatic N) is 3. The van der Waals surface area contributed by atoms with Crippen LogP contribution in [0.2, 0.25) is 0 Å². The molecule has 10 heteroatoms. The second-order valence-corrected chi connectivity index (χ2v) is 8.94. The first-order chi connectivity index (χ1) is 18.7. The van der Waals surface area contributed by atoms with Gasteiger partial charge in [-0.25, -0.2) is 5.01 Å². The zero-order chi connectivity index (χ0) is 28.0. The van der Waals surface area contributed by atoms with Crippen LogP contribution in [0.3, 0.4) is 0 Å². The molecular weight excluding hydrogens is 511 g/mol. The zero-order valence-electron chi connectivity index (χ0n) is 21.5. The Balaban J connectivity index is 1.61. The number of hydrazone groups is 1. The van der Waals surface area contributed by atoms with Gasteiger partial charge in [-0.3, -0.25) is 9.59 Å². The summed E-state index contributed by atoms with van der Waals surface area (Å²) in [5.74, 6) is -0.358. The van der Waals surface area contributed by atoms with E-state index in [0.717, 1.165) is 35.4 Å². The van der Waals surface area contributed by atoms with E-state index in [9.17, 15) is 22.8 Å². The number of hydrogen-bond donors (Lipinski definition) is 0. The van der Waals surface area contributed by atoms with Gasteiger partial charge in [-0.1, -0.05) is 42.5 Å². The molecule has 0 saturated heterocycles. The molecule has 204 valence electrons. The Bertz CT molecular complexity index is 1330. The van der Waals surface area contributed by atoms with E-state index in [1.807, 2.05) is 54.6 Å². The van der Waals surface area contributed by atoms with Crippen LogP contribution in [-0.4, -0.2) is 61.4 Å². The third-order valence-electron chi connectivity index (χ3n) is 6.39. The van der Waals surface area contributed by atoms with E-state index in [4.69, 9.17) is 9.47 Å². The SMILES string of the molecule is COCCN(CC(=O)N1N=C(c2cccc(OC)c2)CC1c1ccccc1)C(=O)c1ccc(C(F)(F)F)cc1. The first kappa shape index (κ1) is 27.8. The van der Waals surface area contributed by atoms with Crippen molar-refractivity contribution in [1.82, 2.24) is 9.91 Å². The van der Waals surface area contributed by atoms with Crippen molar-refractivity contribution < 1.29 is 32.2 Å². The van der Waals surface area contributed by atoms with E-state index in [-0.39, 0.29) is 25.3 Å². The van der Waals surface area contributed by atoms with Gasteiger partial charge in [0.05, 0.1) is 31.0 Å². The lowest BCUT2D eigenvalue weighted by Gasteiger charge is -2.27. The molecule has 1 atom stereocenters. The number of rotatable bonds is 9. The minimum absolute atomic E-state index is 0.0357. The van der Waals surface area contributed by atoms with Gasteiger partial charge in [-0.15, -0.1) is 0 Å². The maximum absolute atomic E-state index is 13.6. The Morgan fingerprint density at radius 1 is 1.00 bits per heavy atom. The van der Waals surface area contributed by atoms with Crippen LogP contribution in [0.1, 0.15) is 39.5 Å². The van der Waals surface area contributed by atoms with Crippen LogP contribution in [-0.2, 0) is 15.7 Å². The molecule has 2 amide bonds. The van der Waals surface area contributed by atoms with Gasteiger partial charge in [0.15, 0.2) is 0 Å². The Labute approximate surface area is 224 Å². The largest absolute Gasteiger partial charge is 0.497 e. The maximum atomic E-state index is 13.6. The standard InChI is InChI=1S/C29H28F3N3O4/c1-38-16-15-34(28(37)21-11-13-23(14-12-21)29(30,31)32)19-27(36)35-26(20-7-4-3-5-8-20)18-25(33-35)22-9-6-10-24(17-22)39-2/h3-14,17,26H,15-16,18-19H2,1-2H3. The lowest BCUT2D eigenvalue weighted by atomic mass is 9.98. The molecule has 3 aromatic carbocycles. The predicted molar refractivity (Wildman–Crippen MR) is 139 cm³/mol. The minimum atomic E-state index is -4.52. The van der Waals surface area contributed by atoms with Crippen LogP contribution < -0.4 is 4.74 Å².